The summed E-state index contributed by atoms with van der Waals surface area (Å²) in [6.45, 7) is 5.27. The van der Waals surface area contributed by atoms with Crippen LogP contribution >= 0.6 is 0 Å². The van der Waals surface area contributed by atoms with Crippen LogP contribution < -0.4 is 5.32 Å². The summed E-state index contributed by atoms with van der Waals surface area (Å²) in [4.78, 5) is 0. The maximum absolute atomic E-state index is 11.9. The van der Waals surface area contributed by atoms with Gasteiger partial charge in [0.2, 0.25) is 0 Å². The van der Waals surface area contributed by atoms with Crippen molar-refractivity contribution >= 4 is 9.84 Å². The van der Waals surface area contributed by atoms with E-state index >= 15 is 0 Å². The van der Waals surface area contributed by atoms with Crippen LogP contribution in [-0.4, -0.2) is 35.7 Å². The molecule has 0 spiro atoms. The number of aryl methyl sites for hydroxylation is 2. The van der Waals surface area contributed by atoms with Crippen LogP contribution in [0.3, 0.4) is 0 Å². The molecule has 1 aromatic heterocycles. The normalized spacial score (nSPS) is 22.6. The zero-order valence-electron chi connectivity index (χ0n) is 11.9. The SMILES string of the molecule is Cc1nn(C)c(C)c1CNCC1CCCCS1(=O)=O. The minimum absolute atomic E-state index is 0.210. The van der Waals surface area contributed by atoms with Crippen molar-refractivity contribution in [3.8, 4) is 0 Å². The van der Waals surface area contributed by atoms with Crippen LogP contribution in [0.1, 0.15) is 36.2 Å². The Hall–Kier alpha value is -0.880. The van der Waals surface area contributed by atoms with Crippen LogP contribution in [0.15, 0.2) is 0 Å². The second-order valence-electron chi connectivity index (χ2n) is 5.39. The highest BCUT2D eigenvalue weighted by Crippen LogP contribution is 2.19. The largest absolute Gasteiger partial charge is 0.311 e. The van der Waals surface area contributed by atoms with Gasteiger partial charge in [-0.2, -0.15) is 5.10 Å². The van der Waals surface area contributed by atoms with Gasteiger partial charge >= 0.3 is 0 Å². The number of rotatable bonds is 4. The van der Waals surface area contributed by atoms with Crippen LogP contribution in [0.5, 0.6) is 0 Å². The van der Waals surface area contributed by atoms with Gasteiger partial charge in [-0.05, 0) is 26.7 Å². The topological polar surface area (TPSA) is 64.0 Å². The quantitative estimate of drug-likeness (QED) is 0.899. The summed E-state index contributed by atoms with van der Waals surface area (Å²) in [5.41, 5.74) is 3.33. The van der Waals surface area contributed by atoms with Crippen molar-refractivity contribution in [3.05, 3.63) is 17.0 Å². The predicted octanol–water partition coefficient (Wildman–Crippen LogP) is 1.09. The van der Waals surface area contributed by atoms with E-state index in [9.17, 15) is 8.42 Å². The van der Waals surface area contributed by atoms with E-state index in [1.54, 1.807) is 0 Å². The fourth-order valence-corrected chi connectivity index (χ4v) is 4.52. The van der Waals surface area contributed by atoms with Crippen LogP contribution in [0.2, 0.25) is 0 Å². The minimum atomic E-state index is -2.88. The van der Waals surface area contributed by atoms with Crippen molar-refractivity contribution in [1.82, 2.24) is 15.1 Å². The maximum atomic E-state index is 11.9. The van der Waals surface area contributed by atoms with Gasteiger partial charge in [0.15, 0.2) is 9.84 Å². The Labute approximate surface area is 115 Å². The van der Waals surface area contributed by atoms with E-state index in [1.807, 2.05) is 25.6 Å². The summed E-state index contributed by atoms with van der Waals surface area (Å²) in [5.74, 6) is 0.351. The third-order valence-corrected chi connectivity index (χ3v) is 6.32. The first kappa shape index (κ1) is 14.5. The number of sulfone groups is 1. The van der Waals surface area contributed by atoms with Crippen LogP contribution in [0.4, 0.5) is 0 Å². The van der Waals surface area contributed by atoms with Crippen molar-refractivity contribution in [2.45, 2.75) is 44.9 Å². The minimum Gasteiger partial charge on any atom is -0.311 e. The fourth-order valence-electron chi connectivity index (χ4n) is 2.68. The van der Waals surface area contributed by atoms with Crippen molar-refractivity contribution < 1.29 is 8.42 Å². The summed E-state index contributed by atoms with van der Waals surface area (Å²) >= 11 is 0. The number of nitrogens with zero attached hydrogens (tertiary/aromatic N) is 2. The highest BCUT2D eigenvalue weighted by molar-refractivity contribution is 7.92. The molecule has 1 aliphatic heterocycles. The molecule has 2 rings (SSSR count). The molecule has 1 N–H and O–H groups in total. The van der Waals surface area contributed by atoms with Gasteiger partial charge in [-0.25, -0.2) is 8.42 Å². The van der Waals surface area contributed by atoms with E-state index < -0.39 is 9.84 Å². The fraction of sp³-hybridized carbons (Fsp3) is 0.769. The Morgan fingerprint density at radius 1 is 1.37 bits per heavy atom. The number of hydrogen-bond donors (Lipinski definition) is 1. The third kappa shape index (κ3) is 3.17. The molecule has 0 radical (unpaired) electrons. The molecule has 1 saturated heterocycles. The van der Waals surface area contributed by atoms with Gasteiger partial charge < -0.3 is 5.32 Å². The number of hydrogen-bond acceptors (Lipinski definition) is 4. The molecular formula is C13H23N3O2S. The van der Waals surface area contributed by atoms with Crippen LogP contribution in [0.25, 0.3) is 0 Å². The first-order chi connectivity index (χ1) is 8.92. The van der Waals surface area contributed by atoms with Crippen LogP contribution in [0, 0.1) is 13.8 Å². The average molecular weight is 285 g/mol. The van der Waals surface area contributed by atoms with E-state index in [-0.39, 0.29) is 5.25 Å². The molecule has 5 nitrogen and oxygen atoms in total. The van der Waals surface area contributed by atoms with Crippen molar-refractivity contribution in [1.29, 1.82) is 0 Å². The predicted molar refractivity (Wildman–Crippen MR) is 75.8 cm³/mol. The van der Waals surface area contributed by atoms with Gasteiger partial charge in [0, 0.05) is 31.4 Å². The summed E-state index contributed by atoms with van der Waals surface area (Å²) in [6, 6.07) is 0. The second-order valence-corrected chi connectivity index (χ2v) is 7.79. The molecule has 1 aliphatic rings. The van der Waals surface area contributed by atoms with Gasteiger partial charge in [-0.15, -0.1) is 0 Å². The molecule has 19 heavy (non-hydrogen) atoms. The third-order valence-electron chi connectivity index (χ3n) is 4.05. The van der Waals surface area contributed by atoms with Gasteiger partial charge in [0.1, 0.15) is 0 Å². The summed E-state index contributed by atoms with van der Waals surface area (Å²) in [7, 11) is -0.948. The molecule has 0 saturated carbocycles. The monoisotopic (exact) mass is 285 g/mol. The molecule has 1 unspecified atom stereocenters. The molecule has 0 bridgehead atoms. The molecule has 2 heterocycles. The molecule has 0 aliphatic carbocycles. The highest BCUT2D eigenvalue weighted by Gasteiger charge is 2.28. The molecule has 1 atom stereocenters. The van der Waals surface area contributed by atoms with E-state index in [4.69, 9.17) is 0 Å². The number of aromatic nitrogens is 2. The lowest BCUT2D eigenvalue weighted by Crippen LogP contribution is -2.37. The molecule has 1 aromatic rings. The van der Waals surface area contributed by atoms with Gasteiger partial charge in [0.05, 0.1) is 16.7 Å². The number of nitrogens with one attached hydrogen (secondary N) is 1. The van der Waals surface area contributed by atoms with E-state index in [0.29, 0.717) is 18.8 Å². The first-order valence-electron chi connectivity index (χ1n) is 6.83. The first-order valence-corrected chi connectivity index (χ1v) is 8.54. The summed E-state index contributed by atoms with van der Waals surface area (Å²) < 4.78 is 25.7. The molecule has 1 fully saturated rings. The van der Waals surface area contributed by atoms with Crippen molar-refractivity contribution in [2.75, 3.05) is 12.3 Å². The van der Waals surface area contributed by atoms with Gasteiger partial charge in [-0.1, -0.05) is 6.42 Å². The maximum Gasteiger partial charge on any atom is 0.154 e. The van der Waals surface area contributed by atoms with E-state index in [0.717, 1.165) is 30.7 Å². The zero-order chi connectivity index (χ0) is 14.0. The Morgan fingerprint density at radius 2 is 2.11 bits per heavy atom. The van der Waals surface area contributed by atoms with Crippen molar-refractivity contribution in [2.24, 2.45) is 7.05 Å². The highest BCUT2D eigenvalue weighted by atomic mass is 32.2. The smallest absolute Gasteiger partial charge is 0.154 e. The van der Waals surface area contributed by atoms with Crippen LogP contribution in [-0.2, 0) is 23.4 Å². The Morgan fingerprint density at radius 3 is 2.68 bits per heavy atom. The molecule has 108 valence electrons. The standard InChI is InChI=1S/C13H23N3O2S/c1-10-13(11(2)16(3)15-10)9-14-8-12-6-4-5-7-19(12,17)18/h12,14H,4-9H2,1-3H3. The average Bonchev–Trinajstić information content (AvgIpc) is 2.57. The molecular weight excluding hydrogens is 262 g/mol. The summed E-state index contributed by atoms with van der Waals surface area (Å²) in [5, 5.41) is 7.44. The lowest BCUT2D eigenvalue weighted by Gasteiger charge is -2.22. The second kappa shape index (κ2) is 5.63. The Balaban J connectivity index is 1.93. The molecule has 6 heteroatoms. The lowest BCUT2D eigenvalue weighted by molar-refractivity contribution is 0.519. The zero-order valence-corrected chi connectivity index (χ0v) is 12.8. The Kier molecular flexibility index (Phi) is 4.30. The van der Waals surface area contributed by atoms with Gasteiger partial charge in [0.25, 0.3) is 0 Å². The lowest BCUT2D eigenvalue weighted by atomic mass is 10.1. The van der Waals surface area contributed by atoms with Crippen molar-refractivity contribution in [3.63, 3.8) is 0 Å². The summed E-state index contributed by atoms with van der Waals surface area (Å²) in [6.07, 6.45) is 2.64. The van der Waals surface area contributed by atoms with Gasteiger partial charge in [-0.3, -0.25) is 4.68 Å². The van der Waals surface area contributed by atoms with E-state index in [2.05, 4.69) is 10.4 Å². The Bertz CT molecular complexity index is 548. The van der Waals surface area contributed by atoms with E-state index in [1.165, 1.54) is 5.56 Å². The molecule has 0 amide bonds. The molecule has 0 aromatic carbocycles.